The average molecular weight is 371 g/mol. The average Bonchev–Trinajstić information content (AvgIpc) is 3.35. The number of halogens is 1. The molecule has 27 heavy (non-hydrogen) atoms. The minimum atomic E-state index is -0.549. The SMILES string of the molecule is Cc1cc(NC(=O)CN2C(=O)CN(C3CC3)C2=O)n(-c2ccccc2F)n1. The molecule has 0 bridgehead atoms. The van der Waals surface area contributed by atoms with Gasteiger partial charge in [-0.1, -0.05) is 12.1 Å². The van der Waals surface area contributed by atoms with Crippen molar-refractivity contribution in [1.82, 2.24) is 19.6 Å². The van der Waals surface area contributed by atoms with E-state index in [0.717, 1.165) is 17.7 Å². The molecule has 8 nitrogen and oxygen atoms in total. The Hall–Kier alpha value is -3.23. The zero-order chi connectivity index (χ0) is 19.1. The predicted octanol–water partition coefficient (Wildman–Crippen LogP) is 1.68. The summed E-state index contributed by atoms with van der Waals surface area (Å²) in [6.07, 6.45) is 1.78. The first-order valence-electron chi connectivity index (χ1n) is 8.66. The Morgan fingerprint density at radius 1 is 1.30 bits per heavy atom. The van der Waals surface area contributed by atoms with Crippen molar-refractivity contribution in [2.24, 2.45) is 0 Å². The summed E-state index contributed by atoms with van der Waals surface area (Å²) in [5.41, 5.74) is 0.774. The molecule has 0 unspecified atom stereocenters. The van der Waals surface area contributed by atoms with Crippen molar-refractivity contribution in [3.8, 4) is 5.69 Å². The molecule has 2 aromatic rings. The van der Waals surface area contributed by atoms with Crippen LogP contribution >= 0.6 is 0 Å². The van der Waals surface area contributed by atoms with Gasteiger partial charge in [-0.25, -0.2) is 13.9 Å². The summed E-state index contributed by atoms with van der Waals surface area (Å²) in [6.45, 7) is 1.35. The number of hydrogen-bond donors (Lipinski definition) is 1. The molecule has 1 saturated carbocycles. The molecule has 2 fully saturated rings. The van der Waals surface area contributed by atoms with Gasteiger partial charge in [-0.2, -0.15) is 5.10 Å². The Bertz CT molecular complexity index is 937. The lowest BCUT2D eigenvalue weighted by Crippen LogP contribution is -2.39. The number of hydrogen-bond acceptors (Lipinski definition) is 4. The lowest BCUT2D eigenvalue weighted by atomic mass is 10.3. The van der Waals surface area contributed by atoms with Crippen LogP contribution in [0.1, 0.15) is 18.5 Å². The van der Waals surface area contributed by atoms with Crippen LogP contribution < -0.4 is 5.32 Å². The number of carbonyl (C=O) groups excluding carboxylic acids is 3. The third-order valence-corrected chi connectivity index (χ3v) is 4.55. The van der Waals surface area contributed by atoms with Gasteiger partial charge in [0.25, 0.3) is 5.91 Å². The van der Waals surface area contributed by atoms with Crippen LogP contribution in [0.25, 0.3) is 5.69 Å². The van der Waals surface area contributed by atoms with Gasteiger partial charge in [-0.15, -0.1) is 0 Å². The quantitative estimate of drug-likeness (QED) is 0.810. The minimum absolute atomic E-state index is 0.0169. The molecule has 0 atom stereocenters. The highest BCUT2D eigenvalue weighted by atomic mass is 19.1. The summed E-state index contributed by atoms with van der Waals surface area (Å²) >= 11 is 0. The fraction of sp³-hybridized carbons (Fsp3) is 0.333. The van der Waals surface area contributed by atoms with E-state index in [4.69, 9.17) is 0 Å². The van der Waals surface area contributed by atoms with Crippen molar-refractivity contribution in [3.63, 3.8) is 0 Å². The number of carbonyl (C=O) groups is 3. The maximum Gasteiger partial charge on any atom is 0.327 e. The van der Waals surface area contributed by atoms with Crippen molar-refractivity contribution in [3.05, 3.63) is 41.8 Å². The van der Waals surface area contributed by atoms with Gasteiger partial charge in [0, 0.05) is 12.1 Å². The van der Waals surface area contributed by atoms with Gasteiger partial charge in [0.05, 0.1) is 5.69 Å². The van der Waals surface area contributed by atoms with Crippen molar-refractivity contribution < 1.29 is 18.8 Å². The number of urea groups is 1. The van der Waals surface area contributed by atoms with Crippen LogP contribution in [0.15, 0.2) is 30.3 Å². The Kier molecular flexibility index (Phi) is 4.14. The van der Waals surface area contributed by atoms with Crippen LogP contribution in [-0.2, 0) is 9.59 Å². The summed E-state index contributed by atoms with van der Waals surface area (Å²) in [5, 5.41) is 6.82. The van der Waals surface area contributed by atoms with E-state index in [0.29, 0.717) is 5.69 Å². The second kappa shape index (κ2) is 6.49. The molecule has 9 heteroatoms. The van der Waals surface area contributed by atoms with Gasteiger partial charge in [0.1, 0.15) is 30.4 Å². The zero-order valence-corrected chi connectivity index (χ0v) is 14.7. The van der Waals surface area contributed by atoms with E-state index in [1.807, 2.05) is 0 Å². The maximum absolute atomic E-state index is 14.1. The first-order valence-corrected chi connectivity index (χ1v) is 8.66. The third-order valence-electron chi connectivity index (χ3n) is 4.55. The highest BCUT2D eigenvalue weighted by molar-refractivity contribution is 6.06. The first-order chi connectivity index (χ1) is 12.9. The number of amides is 4. The fourth-order valence-corrected chi connectivity index (χ4v) is 3.11. The lowest BCUT2D eigenvalue weighted by Gasteiger charge is -2.16. The molecular formula is C18H18FN5O3. The Morgan fingerprint density at radius 2 is 2.04 bits per heavy atom. The number of anilines is 1. The zero-order valence-electron chi connectivity index (χ0n) is 14.7. The molecule has 1 saturated heterocycles. The highest BCUT2D eigenvalue weighted by Gasteiger charge is 2.44. The van der Waals surface area contributed by atoms with E-state index in [1.54, 1.807) is 31.2 Å². The summed E-state index contributed by atoms with van der Waals surface area (Å²) in [7, 11) is 0. The van der Waals surface area contributed by atoms with Crippen LogP contribution in [0, 0.1) is 12.7 Å². The minimum Gasteiger partial charge on any atom is -0.312 e. The van der Waals surface area contributed by atoms with Crippen LogP contribution in [-0.4, -0.2) is 56.6 Å². The Balaban J connectivity index is 1.50. The molecule has 140 valence electrons. The molecule has 0 radical (unpaired) electrons. The summed E-state index contributed by atoms with van der Waals surface area (Å²) < 4.78 is 15.4. The highest BCUT2D eigenvalue weighted by Crippen LogP contribution is 2.30. The maximum atomic E-state index is 14.1. The number of nitrogens with zero attached hydrogens (tertiary/aromatic N) is 4. The van der Waals surface area contributed by atoms with Crippen LogP contribution in [0.5, 0.6) is 0 Å². The van der Waals surface area contributed by atoms with Gasteiger partial charge in [-0.05, 0) is 31.9 Å². The standard InChI is InChI=1S/C18H18FN5O3/c1-11-8-15(24(21-11)14-5-3-2-4-13(14)19)20-16(25)9-23-17(26)10-22(18(23)27)12-6-7-12/h2-5,8,12H,6-7,9-10H2,1H3,(H,20,25). The molecule has 1 aliphatic heterocycles. The van der Waals surface area contributed by atoms with E-state index in [9.17, 15) is 18.8 Å². The number of aryl methyl sites for hydroxylation is 1. The lowest BCUT2D eigenvalue weighted by molar-refractivity contribution is -0.129. The molecule has 4 rings (SSSR count). The summed E-state index contributed by atoms with van der Waals surface area (Å²) in [6, 6.07) is 7.33. The predicted molar refractivity (Wildman–Crippen MR) is 93.7 cm³/mol. The molecule has 2 aliphatic rings. The molecule has 0 spiro atoms. The van der Waals surface area contributed by atoms with E-state index in [-0.39, 0.29) is 36.5 Å². The smallest absolute Gasteiger partial charge is 0.312 e. The van der Waals surface area contributed by atoms with Gasteiger partial charge < -0.3 is 10.2 Å². The van der Waals surface area contributed by atoms with Gasteiger partial charge in [-0.3, -0.25) is 14.5 Å². The van der Waals surface area contributed by atoms with Gasteiger partial charge in [0.15, 0.2) is 0 Å². The first kappa shape index (κ1) is 17.2. The van der Waals surface area contributed by atoms with Gasteiger partial charge in [0.2, 0.25) is 5.91 Å². The number of rotatable bonds is 5. The summed E-state index contributed by atoms with van der Waals surface area (Å²) in [5.74, 6) is -1.16. The van der Waals surface area contributed by atoms with Crippen molar-refractivity contribution in [1.29, 1.82) is 0 Å². The topological polar surface area (TPSA) is 87.5 Å². The molecular weight excluding hydrogens is 353 g/mol. The second-order valence-corrected chi connectivity index (χ2v) is 6.70. The Labute approximate surface area is 154 Å². The molecule has 1 N–H and O–H groups in total. The van der Waals surface area contributed by atoms with Crippen LogP contribution in [0.4, 0.5) is 15.0 Å². The third kappa shape index (κ3) is 3.27. The van der Waals surface area contributed by atoms with Crippen LogP contribution in [0.3, 0.4) is 0 Å². The van der Waals surface area contributed by atoms with E-state index in [1.165, 1.54) is 15.6 Å². The van der Waals surface area contributed by atoms with E-state index >= 15 is 0 Å². The number of imide groups is 1. The molecule has 1 aromatic heterocycles. The van der Waals surface area contributed by atoms with E-state index < -0.39 is 17.8 Å². The van der Waals surface area contributed by atoms with Crippen molar-refractivity contribution in [2.45, 2.75) is 25.8 Å². The molecule has 4 amide bonds. The summed E-state index contributed by atoms with van der Waals surface area (Å²) in [4.78, 5) is 39.2. The number of nitrogens with one attached hydrogen (secondary N) is 1. The second-order valence-electron chi connectivity index (χ2n) is 6.70. The number of benzene rings is 1. The largest absolute Gasteiger partial charge is 0.327 e. The number of aromatic nitrogens is 2. The normalized spacial score (nSPS) is 17.0. The molecule has 1 aliphatic carbocycles. The number of para-hydroxylation sites is 1. The Morgan fingerprint density at radius 3 is 2.74 bits per heavy atom. The van der Waals surface area contributed by atoms with Gasteiger partial charge >= 0.3 is 6.03 Å². The molecule has 2 heterocycles. The monoisotopic (exact) mass is 371 g/mol. The molecule has 1 aromatic carbocycles. The van der Waals surface area contributed by atoms with Crippen molar-refractivity contribution in [2.75, 3.05) is 18.4 Å². The fourth-order valence-electron chi connectivity index (χ4n) is 3.11. The van der Waals surface area contributed by atoms with Crippen molar-refractivity contribution >= 4 is 23.7 Å². The van der Waals surface area contributed by atoms with E-state index in [2.05, 4.69) is 10.4 Å². The van der Waals surface area contributed by atoms with Crippen LogP contribution in [0.2, 0.25) is 0 Å².